The summed E-state index contributed by atoms with van der Waals surface area (Å²) in [5.41, 5.74) is 1.77. The molecule has 0 unspecified atom stereocenters. The van der Waals surface area contributed by atoms with Crippen LogP contribution < -0.4 is 0 Å². The Morgan fingerprint density at radius 1 is 1.04 bits per heavy atom. The van der Waals surface area contributed by atoms with Crippen LogP contribution in [0.15, 0.2) is 30.5 Å². The average Bonchev–Trinajstić information content (AvgIpc) is 3.37. The van der Waals surface area contributed by atoms with Gasteiger partial charge in [-0.2, -0.15) is 0 Å². The van der Waals surface area contributed by atoms with Gasteiger partial charge in [0.2, 0.25) is 5.91 Å². The molecule has 0 bridgehead atoms. The number of rotatable bonds is 5. The molecule has 0 spiro atoms. The number of H-pyrrole nitrogens is 1. The van der Waals surface area contributed by atoms with Crippen molar-refractivity contribution >= 4 is 22.6 Å². The van der Waals surface area contributed by atoms with Crippen molar-refractivity contribution in [1.82, 2.24) is 19.7 Å². The number of hydrogen-bond donors (Lipinski definition) is 1. The van der Waals surface area contributed by atoms with Crippen LogP contribution in [-0.4, -0.2) is 83.2 Å². The Morgan fingerprint density at radius 3 is 2.48 bits per heavy atom. The Labute approximate surface area is 160 Å². The molecule has 2 aromatic rings. The standard InChI is InChI=1S/C21H28N4O2/c1-16(21(27)18-14-22-19-7-3-2-6-17(18)19)24-12-10-23(11-13-24)15-20(26)25-8-4-5-9-25/h2-3,6-7,14,16,22H,4-5,8-13,15H2,1H3/t16-/m0/s1. The number of aromatic amines is 1. The van der Waals surface area contributed by atoms with Gasteiger partial charge >= 0.3 is 0 Å². The fourth-order valence-electron chi connectivity index (χ4n) is 4.23. The maximum absolute atomic E-state index is 13.0. The fraction of sp³-hybridized carbons (Fsp3) is 0.524. The van der Waals surface area contributed by atoms with E-state index in [4.69, 9.17) is 0 Å². The highest BCUT2D eigenvalue weighted by molar-refractivity contribution is 6.10. The maximum atomic E-state index is 13.0. The average molecular weight is 368 g/mol. The molecule has 6 nitrogen and oxygen atoms in total. The van der Waals surface area contributed by atoms with E-state index in [0.29, 0.717) is 6.54 Å². The van der Waals surface area contributed by atoms with E-state index in [1.54, 1.807) is 0 Å². The van der Waals surface area contributed by atoms with E-state index in [0.717, 1.165) is 68.6 Å². The normalized spacial score (nSPS) is 20.3. The number of likely N-dealkylation sites (tertiary alicyclic amines) is 1. The van der Waals surface area contributed by atoms with Crippen molar-refractivity contribution in [2.24, 2.45) is 0 Å². The molecule has 2 aliphatic rings. The number of fused-ring (bicyclic) bond motifs is 1. The van der Waals surface area contributed by atoms with E-state index in [9.17, 15) is 9.59 Å². The lowest BCUT2D eigenvalue weighted by Crippen LogP contribution is -2.53. The summed E-state index contributed by atoms with van der Waals surface area (Å²) in [5, 5.41) is 0.990. The highest BCUT2D eigenvalue weighted by atomic mass is 16.2. The number of carbonyl (C=O) groups excluding carboxylic acids is 2. The first-order chi connectivity index (χ1) is 13.1. The highest BCUT2D eigenvalue weighted by Gasteiger charge is 2.29. The summed E-state index contributed by atoms with van der Waals surface area (Å²) in [6.45, 7) is 7.65. The number of amides is 1. The molecule has 2 aliphatic heterocycles. The van der Waals surface area contributed by atoms with E-state index < -0.39 is 0 Å². The molecule has 144 valence electrons. The van der Waals surface area contributed by atoms with Gasteiger partial charge in [0.1, 0.15) is 0 Å². The van der Waals surface area contributed by atoms with Crippen LogP contribution >= 0.6 is 0 Å². The Balaban J connectivity index is 1.33. The number of nitrogens with one attached hydrogen (secondary N) is 1. The van der Waals surface area contributed by atoms with Gasteiger partial charge < -0.3 is 9.88 Å². The van der Waals surface area contributed by atoms with Crippen LogP contribution in [0, 0.1) is 0 Å². The number of aromatic nitrogens is 1. The zero-order valence-corrected chi connectivity index (χ0v) is 16.0. The second-order valence-corrected chi connectivity index (χ2v) is 7.69. The van der Waals surface area contributed by atoms with E-state index in [2.05, 4.69) is 14.8 Å². The lowest BCUT2D eigenvalue weighted by Gasteiger charge is -2.37. The second-order valence-electron chi connectivity index (χ2n) is 7.69. The molecule has 0 aliphatic carbocycles. The van der Waals surface area contributed by atoms with Crippen molar-refractivity contribution in [3.8, 4) is 0 Å². The molecule has 27 heavy (non-hydrogen) atoms. The molecule has 6 heteroatoms. The van der Waals surface area contributed by atoms with Gasteiger partial charge in [-0.15, -0.1) is 0 Å². The summed E-state index contributed by atoms with van der Waals surface area (Å²) in [4.78, 5) is 35.0. The zero-order chi connectivity index (χ0) is 18.8. The molecule has 1 amide bonds. The van der Waals surface area contributed by atoms with Gasteiger partial charge in [0.15, 0.2) is 5.78 Å². The number of hydrogen-bond acceptors (Lipinski definition) is 4. The van der Waals surface area contributed by atoms with Crippen LogP contribution in [0.2, 0.25) is 0 Å². The number of carbonyl (C=O) groups is 2. The molecule has 2 fully saturated rings. The zero-order valence-electron chi connectivity index (χ0n) is 16.0. The second kappa shape index (κ2) is 7.82. The summed E-state index contributed by atoms with van der Waals surface area (Å²) in [6.07, 6.45) is 4.09. The smallest absolute Gasteiger partial charge is 0.236 e. The quantitative estimate of drug-likeness (QED) is 0.820. The summed E-state index contributed by atoms with van der Waals surface area (Å²) in [7, 11) is 0. The van der Waals surface area contributed by atoms with Crippen LogP contribution in [0.1, 0.15) is 30.1 Å². The number of benzene rings is 1. The third-order valence-electron chi connectivity index (χ3n) is 6.01. The summed E-state index contributed by atoms with van der Waals surface area (Å²) in [6, 6.07) is 7.77. The van der Waals surface area contributed by atoms with Crippen LogP contribution in [0.3, 0.4) is 0 Å². The minimum Gasteiger partial charge on any atom is -0.360 e. The Kier molecular flexibility index (Phi) is 5.27. The van der Waals surface area contributed by atoms with Gasteiger partial charge in [-0.25, -0.2) is 0 Å². The van der Waals surface area contributed by atoms with Crippen LogP contribution in [0.4, 0.5) is 0 Å². The van der Waals surface area contributed by atoms with Crippen LogP contribution in [0.25, 0.3) is 10.9 Å². The molecule has 2 saturated heterocycles. The molecule has 1 aromatic carbocycles. The minimum absolute atomic E-state index is 0.152. The first-order valence-electron chi connectivity index (χ1n) is 9.98. The van der Waals surface area contributed by atoms with Crippen LogP contribution in [0.5, 0.6) is 0 Å². The molecule has 4 rings (SSSR count). The number of para-hydroxylation sites is 1. The summed E-state index contributed by atoms with van der Waals surface area (Å²) >= 11 is 0. The Hall–Kier alpha value is -2.18. The first-order valence-corrected chi connectivity index (χ1v) is 9.98. The van der Waals surface area contributed by atoms with Crippen molar-refractivity contribution in [2.45, 2.75) is 25.8 Å². The minimum atomic E-state index is -0.152. The third-order valence-corrected chi connectivity index (χ3v) is 6.01. The van der Waals surface area contributed by atoms with E-state index in [1.807, 2.05) is 42.3 Å². The van der Waals surface area contributed by atoms with Gasteiger partial charge in [-0.05, 0) is 25.8 Å². The third kappa shape index (κ3) is 3.77. The molecule has 1 atom stereocenters. The van der Waals surface area contributed by atoms with Crippen molar-refractivity contribution in [3.63, 3.8) is 0 Å². The summed E-state index contributed by atoms with van der Waals surface area (Å²) in [5.74, 6) is 0.415. The lowest BCUT2D eigenvalue weighted by atomic mass is 10.0. The lowest BCUT2D eigenvalue weighted by molar-refractivity contribution is -0.131. The van der Waals surface area contributed by atoms with E-state index >= 15 is 0 Å². The Morgan fingerprint density at radius 2 is 1.74 bits per heavy atom. The SMILES string of the molecule is C[C@@H](C(=O)c1c[nH]c2ccccc12)N1CCN(CC(=O)N2CCCC2)CC1. The van der Waals surface area contributed by atoms with Crippen molar-refractivity contribution in [2.75, 3.05) is 45.8 Å². The van der Waals surface area contributed by atoms with Gasteiger partial charge in [-0.1, -0.05) is 18.2 Å². The molecular formula is C21H28N4O2. The van der Waals surface area contributed by atoms with Gasteiger partial charge in [0.05, 0.1) is 12.6 Å². The number of ketones is 1. The molecule has 0 saturated carbocycles. The molecule has 1 N–H and O–H groups in total. The number of Topliss-reactive ketones (excluding diaryl/α,β-unsaturated/α-hetero) is 1. The van der Waals surface area contributed by atoms with Crippen molar-refractivity contribution in [1.29, 1.82) is 0 Å². The van der Waals surface area contributed by atoms with Gasteiger partial charge in [0.25, 0.3) is 0 Å². The fourth-order valence-corrected chi connectivity index (χ4v) is 4.23. The predicted molar refractivity (Wildman–Crippen MR) is 106 cm³/mol. The topological polar surface area (TPSA) is 59.7 Å². The predicted octanol–water partition coefficient (Wildman–Crippen LogP) is 1.98. The van der Waals surface area contributed by atoms with Crippen molar-refractivity contribution in [3.05, 3.63) is 36.0 Å². The molecule has 1 aromatic heterocycles. The molecular weight excluding hydrogens is 340 g/mol. The molecule has 3 heterocycles. The van der Waals surface area contributed by atoms with Gasteiger partial charge in [-0.3, -0.25) is 19.4 Å². The summed E-state index contributed by atoms with van der Waals surface area (Å²) < 4.78 is 0. The monoisotopic (exact) mass is 368 g/mol. The van der Waals surface area contributed by atoms with Crippen LogP contribution in [-0.2, 0) is 4.79 Å². The van der Waals surface area contributed by atoms with E-state index in [-0.39, 0.29) is 17.7 Å². The van der Waals surface area contributed by atoms with Gasteiger partial charge in [0, 0.05) is 61.9 Å². The first kappa shape index (κ1) is 18.2. The highest BCUT2D eigenvalue weighted by Crippen LogP contribution is 2.21. The largest absolute Gasteiger partial charge is 0.360 e. The Bertz CT molecular complexity index is 816. The number of piperazine rings is 1. The number of nitrogens with zero attached hydrogens (tertiary/aromatic N) is 3. The van der Waals surface area contributed by atoms with Crippen molar-refractivity contribution < 1.29 is 9.59 Å². The maximum Gasteiger partial charge on any atom is 0.236 e. The molecule has 0 radical (unpaired) electrons. The van der Waals surface area contributed by atoms with E-state index in [1.165, 1.54) is 0 Å².